The van der Waals surface area contributed by atoms with E-state index < -0.39 is 0 Å². The summed E-state index contributed by atoms with van der Waals surface area (Å²) >= 11 is 0. The molecule has 0 atom stereocenters. The van der Waals surface area contributed by atoms with Crippen LogP contribution in [0.4, 0.5) is 0 Å². The van der Waals surface area contributed by atoms with Crippen LogP contribution < -0.4 is 10.6 Å². The van der Waals surface area contributed by atoms with Gasteiger partial charge in [0.1, 0.15) is 0 Å². The molecule has 6 heteroatoms. The highest BCUT2D eigenvalue weighted by molar-refractivity contribution is 5.93. The molecule has 0 unspecified atom stereocenters. The maximum absolute atomic E-state index is 11.9. The van der Waals surface area contributed by atoms with Gasteiger partial charge in [-0.05, 0) is 44.4 Å². The second-order valence-electron chi connectivity index (χ2n) is 5.92. The van der Waals surface area contributed by atoms with Gasteiger partial charge in [0.25, 0.3) is 5.91 Å². The number of nitrogens with zero attached hydrogens (tertiary/aromatic N) is 2. The Morgan fingerprint density at radius 3 is 2.44 bits per heavy atom. The van der Waals surface area contributed by atoms with Crippen LogP contribution in [0.3, 0.4) is 0 Å². The molecule has 0 aliphatic heterocycles. The fourth-order valence-electron chi connectivity index (χ4n) is 2.20. The highest BCUT2D eigenvalue weighted by Gasteiger charge is 2.07. The van der Waals surface area contributed by atoms with E-state index in [9.17, 15) is 4.79 Å². The van der Waals surface area contributed by atoms with Crippen LogP contribution in [0.5, 0.6) is 0 Å². The van der Waals surface area contributed by atoms with Crippen LogP contribution in [0.15, 0.2) is 29.3 Å². The minimum atomic E-state index is 0.0112. The van der Waals surface area contributed by atoms with E-state index in [1.165, 1.54) is 0 Å². The van der Waals surface area contributed by atoms with Crippen molar-refractivity contribution in [2.24, 2.45) is 4.99 Å². The van der Waals surface area contributed by atoms with Crippen LogP contribution in [0.25, 0.3) is 0 Å². The van der Waals surface area contributed by atoms with E-state index in [0.717, 1.165) is 50.7 Å². The standard InChI is InChI=1S/C19H32N4O2/c1-5-20-19(21-13-7-8-14-25-6-2)22-15-16-9-11-17(12-10-16)18(24)23(3)4/h9-12H,5-8,13-15H2,1-4H3,(H2,20,21,22). The maximum atomic E-state index is 11.9. The Morgan fingerprint density at radius 1 is 1.12 bits per heavy atom. The molecule has 1 rings (SSSR count). The summed E-state index contributed by atoms with van der Waals surface area (Å²) in [5.74, 6) is 0.824. The Balaban J connectivity index is 2.49. The summed E-state index contributed by atoms with van der Waals surface area (Å²) in [5.41, 5.74) is 1.76. The first-order chi connectivity index (χ1) is 12.1. The third-order valence-electron chi connectivity index (χ3n) is 3.58. The molecule has 1 aromatic rings. The lowest BCUT2D eigenvalue weighted by Gasteiger charge is -2.12. The summed E-state index contributed by atoms with van der Waals surface area (Å²) in [5, 5.41) is 6.58. The van der Waals surface area contributed by atoms with Crippen LogP contribution in [0.1, 0.15) is 42.6 Å². The Morgan fingerprint density at radius 2 is 1.84 bits per heavy atom. The first-order valence-electron chi connectivity index (χ1n) is 8.99. The van der Waals surface area contributed by atoms with E-state index >= 15 is 0 Å². The van der Waals surface area contributed by atoms with Crippen molar-refractivity contribution in [3.05, 3.63) is 35.4 Å². The number of guanidine groups is 1. The molecule has 0 aliphatic rings. The molecule has 1 aromatic carbocycles. The van der Waals surface area contributed by atoms with E-state index in [1.54, 1.807) is 19.0 Å². The fourth-order valence-corrected chi connectivity index (χ4v) is 2.20. The highest BCUT2D eigenvalue weighted by Crippen LogP contribution is 2.07. The lowest BCUT2D eigenvalue weighted by atomic mass is 10.1. The molecular formula is C19H32N4O2. The summed E-state index contributed by atoms with van der Waals surface area (Å²) in [7, 11) is 3.51. The summed E-state index contributed by atoms with van der Waals surface area (Å²) in [4.78, 5) is 18.1. The van der Waals surface area contributed by atoms with Gasteiger partial charge in [0, 0.05) is 46.0 Å². The smallest absolute Gasteiger partial charge is 0.253 e. The predicted molar refractivity (Wildman–Crippen MR) is 103 cm³/mol. The van der Waals surface area contributed by atoms with Crippen molar-refractivity contribution >= 4 is 11.9 Å². The van der Waals surface area contributed by atoms with E-state index in [1.807, 2.05) is 38.1 Å². The molecule has 0 saturated carbocycles. The molecule has 0 saturated heterocycles. The van der Waals surface area contributed by atoms with E-state index in [0.29, 0.717) is 12.1 Å². The number of aliphatic imine (C=N–C) groups is 1. The number of rotatable bonds is 10. The third kappa shape index (κ3) is 8.54. The van der Waals surface area contributed by atoms with E-state index in [-0.39, 0.29) is 5.91 Å². The molecule has 0 bridgehead atoms. The number of unbranched alkanes of at least 4 members (excludes halogenated alkanes) is 1. The van der Waals surface area contributed by atoms with Gasteiger partial charge in [0.05, 0.1) is 6.54 Å². The van der Waals surface area contributed by atoms with E-state index in [4.69, 9.17) is 4.74 Å². The first-order valence-corrected chi connectivity index (χ1v) is 8.99. The van der Waals surface area contributed by atoms with Crippen molar-refractivity contribution < 1.29 is 9.53 Å². The molecule has 140 valence electrons. The second-order valence-corrected chi connectivity index (χ2v) is 5.92. The van der Waals surface area contributed by atoms with Gasteiger partial charge in [-0.2, -0.15) is 0 Å². The van der Waals surface area contributed by atoms with Gasteiger partial charge >= 0.3 is 0 Å². The minimum Gasteiger partial charge on any atom is -0.382 e. The van der Waals surface area contributed by atoms with Gasteiger partial charge in [-0.1, -0.05) is 12.1 Å². The Bertz CT molecular complexity index is 527. The van der Waals surface area contributed by atoms with Gasteiger partial charge in [0.15, 0.2) is 5.96 Å². The molecule has 0 aliphatic carbocycles. The minimum absolute atomic E-state index is 0.0112. The summed E-state index contributed by atoms with van der Waals surface area (Å²) in [6, 6.07) is 7.60. The SMILES string of the molecule is CCNC(=NCc1ccc(C(=O)N(C)C)cc1)NCCCCOCC. The van der Waals surface area contributed by atoms with Crippen molar-refractivity contribution in [2.75, 3.05) is 40.4 Å². The number of ether oxygens (including phenoxy) is 1. The quantitative estimate of drug-likeness (QED) is 0.387. The number of nitrogens with one attached hydrogen (secondary N) is 2. The van der Waals surface area contributed by atoms with Crippen LogP contribution in [0.2, 0.25) is 0 Å². The van der Waals surface area contributed by atoms with Crippen molar-refractivity contribution in [1.82, 2.24) is 15.5 Å². The number of benzene rings is 1. The van der Waals surface area contributed by atoms with Gasteiger partial charge in [-0.25, -0.2) is 4.99 Å². The van der Waals surface area contributed by atoms with Gasteiger partial charge in [-0.3, -0.25) is 4.79 Å². The number of hydrogen-bond acceptors (Lipinski definition) is 3. The topological polar surface area (TPSA) is 66.0 Å². The number of carbonyl (C=O) groups is 1. The van der Waals surface area contributed by atoms with Gasteiger partial charge < -0.3 is 20.3 Å². The number of hydrogen-bond donors (Lipinski definition) is 2. The average Bonchev–Trinajstić information content (AvgIpc) is 2.62. The molecule has 2 N–H and O–H groups in total. The zero-order valence-corrected chi connectivity index (χ0v) is 16.0. The molecule has 25 heavy (non-hydrogen) atoms. The highest BCUT2D eigenvalue weighted by atomic mass is 16.5. The average molecular weight is 348 g/mol. The molecule has 0 radical (unpaired) electrons. The molecule has 0 aromatic heterocycles. The van der Waals surface area contributed by atoms with E-state index in [2.05, 4.69) is 15.6 Å². The van der Waals surface area contributed by atoms with Crippen LogP contribution >= 0.6 is 0 Å². The lowest BCUT2D eigenvalue weighted by Crippen LogP contribution is -2.37. The normalized spacial score (nSPS) is 11.3. The lowest BCUT2D eigenvalue weighted by molar-refractivity contribution is 0.0827. The Kier molecular flexibility index (Phi) is 10.3. The molecule has 0 heterocycles. The van der Waals surface area contributed by atoms with Crippen molar-refractivity contribution in [3.63, 3.8) is 0 Å². The molecule has 6 nitrogen and oxygen atoms in total. The molecular weight excluding hydrogens is 316 g/mol. The Labute approximate surface area is 151 Å². The van der Waals surface area contributed by atoms with Crippen molar-refractivity contribution in [3.8, 4) is 0 Å². The third-order valence-corrected chi connectivity index (χ3v) is 3.58. The van der Waals surface area contributed by atoms with Gasteiger partial charge in [-0.15, -0.1) is 0 Å². The second kappa shape index (κ2) is 12.3. The molecule has 0 spiro atoms. The molecule has 0 fully saturated rings. The zero-order valence-electron chi connectivity index (χ0n) is 16.0. The fraction of sp³-hybridized carbons (Fsp3) is 0.579. The zero-order chi connectivity index (χ0) is 18.5. The van der Waals surface area contributed by atoms with Gasteiger partial charge in [0.2, 0.25) is 0 Å². The summed E-state index contributed by atoms with van der Waals surface area (Å²) in [6.07, 6.45) is 2.09. The predicted octanol–water partition coefficient (Wildman–Crippen LogP) is 2.26. The first kappa shape index (κ1) is 21.0. The van der Waals surface area contributed by atoms with Crippen molar-refractivity contribution in [1.29, 1.82) is 0 Å². The molecule has 1 amide bonds. The number of amides is 1. The summed E-state index contributed by atoms with van der Waals surface area (Å²) in [6.45, 7) is 7.91. The maximum Gasteiger partial charge on any atom is 0.253 e. The monoisotopic (exact) mass is 348 g/mol. The van der Waals surface area contributed by atoms with Crippen LogP contribution in [0, 0.1) is 0 Å². The van der Waals surface area contributed by atoms with Crippen molar-refractivity contribution in [2.45, 2.75) is 33.2 Å². The largest absolute Gasteiger partial charge is 0.382 e. The summed E-state index contributed by atoms with van der Waals surface area (Å²) < 4.78 is 5.33. The van der Waals surface area contributed by atoms with Crippen LogP contribution in [-0.2, 0) is 11.3 Å². The van der Waals surface area contributed by atoms with Crippen LogP contribution in [-0.4, -0.2) is 57.2 Å². The number of carbonyl (C=O) groups excluding carboxylic acids is 1. The Hall–Kier alpha value is -2.08.